The first-order valence-corrected chi connectivity index (χ1v) is 9.01. The van der Waals surface area contributed by atoms with Gasteiger partial charge in [0.2, 0.25) is 0 Å². The van der Waals surface area contributed by atoms with Crippen LogP contribution in [-0.4, -0.2) is 17.5 Å². The van der Waals surface area contributed by atoms with E-state index in [0.717, 1.165) is 16.9 Å². The maximum absolute atomic E-state index is 13.0. The number of carbonyl (C=O) groups excluding carboxylic acids is 1. The molecule has 0 aliphatic carbocycles. The summed E-state index contributed by atoms with van der Waals surface area (Å²) in [7, 11) is 0. The van der Waals surface area contributed by atoms with Gasteiger partial charge in [0.15, 0.2) is 0 Å². The fraction of sp³-hybridized carbons (Fsp3) is 0.227. The number of amides is 2. The minimum atomic E-state index is -0.208. The van der Waals surface area contributed by atoms with E-state index >= 15 is 0 Å². The normalized spacial score (nSPS) is 10.4. The maximum atomic E-state index is 13.0. The first kappa shape index (κ1) is 18.6. The molecule has 2 aromatic carbocycles. The van der Waals surface area contributed by atoms with E-state index in [4.69, 9.17) is 9.15 Å². The van der Waals surface area contributed by atoms with E-state index in [1.54, 1.807) is 11.2 Å². The molecule has 0 atom stereocenters. The molecule has 140 valence electrons. The van der Waals surface area contributed by atoms with Crippen LogP contribution in [-0.2, 0) is 13.1 Å². The van der Waals surface area contributed by atoms with Gasteiger partial charge in [0.1, 0.15) is 11.5 Å². The monoisotopic (exact) mass is 364 g/mol. The molecule has 2 amide bonds. The molecule has 1 aromatic heterocycles. The quantitative estimate of drug-likeness (QED) is 0.625. The Kier molecular flexibility index (Phi) is 6.15. The Morgan fingerprint density at radius 2 is 1.89 bits per heavy atom. The second-order valence-electron chi connectivity index (χ2n) is 6.28. The van der Waals surface area contributed by atoms with Gasteiger partial charge >= 0.3 is 6.03 Å². The van der Waals surface area contributed by atoms with Gasteiger partial charge < -0.3 is 19.4 Å². The SMILES string of the molecule is CCOc1cc(C)ccc1NC(=O)N(Cc1ccccc1)Cc1ccco1. The summed E-state index contributed by atoms with van der Waals surface area (Å²) in [5, 5.41) is 2.98. The molecule has 3 rings (SSSR count). The number of aryl methyl sites for hydroxylation is 1. The lowest BCUT2D eigenvalue weighted by molar-refractivity contribution is 0.201. The van der Waals surface area contributed by atoms with Crippen LogP contribution >= 0.6 is 0 Å². The Balaban J connectivity index is 1.80. The number of benzene rings is 2. The second kappa shape index (κ2) is 8.94. The average molecular weight is 364 g/mol. The van der Waals surface area contributed by atoms with Crippen LogP contribution < -0.4 is 10.1 Å². The fourth-order valence-electron chi connectivity index (χ4n) is 2.80. The third-order valence-electron chi connectivity index (χ3n) is 4.11. The lowest BCUT2D eigenvalue weighted by Crippen LogP contribution is -2.34. The van der Waals surface area contributed by atoms with Crippen LogP contribution in [0.2, 0.25) is 0 Å². The lowest BCUT2D eigenvalue weighted by Gasteiger charge is -2.23. The molecule has 0 aliphatic heterocycles. The van der Waals surface area contributed by atoms with Crippen molar-refractivity contribution in [2.24, 2.45) is 0 Å². The molecule has 3 aromatic rings. The van der Waals surface area contributed by atoms with Crippen molar-refractivity contribution in [3.63, 3.8) is 0 Å². The third kappa shape index (κ3) is 5.14. The maximum Gasteiger partial charge on any atom is 0.322 e. The number of nitrogens with zero attached hydrogens (tertiary/aromatic N) is 1. The Labute approximate surface area is 159 Å². The summed E-state index contributed by atoms with van der Waals surface area (Å²) in [6.07, 6.45) is 1.61. The molecule has 5 heteroatoms. The van der Waals surface area contributed by atoms with Gasteiger partial charge in [-0.1, -0.05) is 36.4 Å². The van der Waals surface area contributed by atoms with Gasteiger partial charge in [0.05, 0.1) is 25.1 Å². The van der Waals surface area contributed by atoms with Crippen LogP contribution in [0.5, 0.6) is 5.75 Å². The zero-order valence-electron chi connectivity index (χ0n) is 15.6. The second-order valence-corrected chi connectivity index (χ2v) is 6.28. The van der Waals surface area contributed by atoms with Crippen molar-refractivity contribution in [3.8, 4) is 5.75 Å². The van der Waals surface area contributed by atoms with E-state index in [1.165, 1.54) is 0 Å². The first-order chi connectivity index (χ1) is 13.2. The smallest absolute Gasteiger partial charge is 0.322 e. The number of rotatable bonds is 7. The summed E-state index contributed by atoms with van der Waals surface area (Å²) >= 11 is 0. The topological polar surface area (TPSA) is 54.7 Å². The van der Waals surface area contributed by atoms with Crippen molar-refractivity contribution in [1.82, 2.24) is 4.90 Å². The molecule has 0 unspecified atom stereocenters. The highest BCUT2D eigenvalue weighted by Gasteiger charge is 2.18. The van der Waals surface area contributed by atoms with Crippen LogP contribution in [0, 0.1) is 6.92 Å². The highest BCUT2D eigenvalue weighted by Crippen LogP contribution is 2.26. The van der Waals surface area contributed by atoms with Gasteiger partial charge in [-0.3, -0.25) is 0 Å². The van der Waals surface area contributed by atoms with E-state index < -0.39 is 0 Å². The van der Waals surface area contributed by atoms with Crippen molar-refractivity contribution < 1.29 is 13.9 Å². The molecule has 0 saturated heterocycles. The molecule has 1 heterocycles. The molecule has 0 saturated carbocycles. The van der Waals surface area contributed by atoms with E-state index in [1.807, 2.05) is 74.5 Å². The number of furan rings is 1. The van der Waals surface area contributed by atoms with Crippen LogP contribution in [0.15, 0.2) is 71.3 Å². The number of carbonyl (C=O) groups is 1. The molecule has 0 spiro atoms. The number of hydrogen-bond acceptors (Lipinski definition) is 3. The average Bonchev–Trinajstić information content (AvgIpc) is 3.17. The summed E-state index contributed by atoms with van der Waals surface area (Å²) in [6, 6.07) is 19.1. The summed E-state index contributed by atoms with van der Waals surface area (Å²) in [6.45, 7) is 5.30. The van der Waals surface area contributed by atoms with Crippen molar-refractivity contribution in [1.29, 1.82) is 0 Å². The first-order valence-electron chi connectivity index (χ1n) is 9.01. The molecule has 0 radical (unpaired) electrons. The van der Waals surface area contributed by atoms with Crippen LogP contribution in [0.3, 0.4) is 0 Å². The summed E-state index contributed by atoms with van der Waals surface area (Å²) in [4.78, 5) is 14.7. The summed E-state index contributed by atoms with van der Waals surface area (Å²) in [5.74, 6) is 1.40. The number of anilines is 1. The zero-order valence-corrected chi connectivity index (χ0v) is 15.6. The molecule has 0 bridgehead atoms. The largest absolute Gasteiger partial charge is 0.492 e. The minimum absolute atomic E-state index is 0.208. The molecule has 0 fully saturated rings. The number of nitrogens with one attached hydrogen (secondary N) is 1. The number of hydrogen-bond donors (Lipinski definition) is 1. The van der Waals surface area contributed by atoms with Gasteiger partial charge in [-0.05, 0) is 49.2 Å². The number of urea groups is 1. The standard InChI is InChI=1S/C22H24N2O3/c1-3-26-21-14-17(2)11-12-20(21)23-22(25)24(16-19-10-7-13-27-19)15-18-8-5-4-6-9-18/h4-14H,3,15-16H2,1-2H3,(H,23,25). The minimum Gasteiger partial charge on any atom is -0.492 e. The van der Waals surface area contributed by atoms with Crippen LogP contribution in [0.4, 0.5) is 10.5 Å². The van der Waals surface area contributed by atoms with Gasteiger partial charge in [0, 0.05) is 6.54 Å². The van der Waals surface area contributed by atoms with Crippen molar-refractivity contribution in [2.45, 2.75) is 26.9 Å². The van der Waals surface area contributed by atoms with Crippen LogP contribution in [0.25, 0.3) is 0 Å². The van der Waals surface area contributed by atoms with Gasteiger partial charge in [-0.25, -0.2) is 4.79 Å². The van der Waals surface area contributed by atoms with Crippen LogP contribution in [0.1, 0.15) is 23.8 Å². The number of ether oxygens (including phenoxy) is 1. The molecule has 5 nitrogen and oxygen atoms in total. The predicted octanol–water partition coefficient (Wildman–Crippen LogP) is 5.22. The third-order valence-corrected chi connectivity index (χ3v) is 4.11. The summed E-state index contributed by atoms with van der Waals surface area (Å²) in [5.41, 5.74) is 2.78. The van der Waals surface area contributed by atoms with E-state index in [-0.39, 0.29) is 6.03 Å². The van der Waals surface area contributed by atoms with Gasteiger partial charge in [-0.2, -0.15) is 0 Å². The zero-order chi connectivity index (χ0) is 19.1. The molecule has 1 N–H and O–H groups in total. The fourth-order valence-corrected chi connectivity index (χ4v) is 2.80. The van der Waals surface area contributed by atoms with Crippen molar-refractivity contribution in [3.05, 3.63) is 83.8 Å². The molecule has 0 aliphatic rings. The van der Waals surface area contributed by atoms with E-state index in [0.29, 0.717) is 31.1 Å². The summed E-state index contributed by atoms with van der Waals surface area (Å²) < 4.78 is 11.1. The van der Waals surface area contributed by atoms with E-state index in [2.05, 4.69) is 5.32 Å². The Morgan fingerprint density at radius 1 is 1.07 bits per heavy atom. The van der Waals surface area contributed by atoms with Gasteiger partial charge in [-0.15, -0.1) is 0 Å². The molecule has 27 heavy (non-hydrogen) atoms. The van der Waals surface area contributed by atoms with E-state index in [9.17, 15) is 4.79 Å². The Morgan fingerprint density at radius 3 is 2.59 bits per heavy atom. The highest BCUT2D eigenvalue weighted by molar-refractivity contribution is 5.91. The van der Waals surface area contributed by atoms with Crippen molar-refractivity contribution in [2.75, 3.05) is 11.9 Å². The van der Waals surface area contributed by atoms with Gasteiger partial charge in [0.25, 0.3) is 0 Å². The molecular weight excluding hydrogens is 340 g/mol. The Hall–Kier alpha value is -3.21. The Bertz CT molecular complexity index is 861. The lowest BCUT2D eigenvalue weighted by atomic mass is 10.2. The molecular formula is C22H24N2O3. The predicted molar refractivity (Wildman–Crippen MR) is 106 cm³/mol. The highest BCUT2D eigenvalue weighted by atomic mass is 16.5. The van der Waals surface area contributed by atoms with Crippen molar-refractivity contribution >= 4 is 11.7 Å².